The molecule has 1 aromatic heterocycles. The highest BCUT2D eigenvalue weighted by Crippen LogP contribution is 2.35. The van der Waals surface area contributed by atoms with Crippen LogP contribution in [0.15, 0.2) is 48.7 Å². The maximum absolute atomic E-state index is 11.5. The van der Waals surface area contributed by atoms with Crippen LogP contribution in [0.1, 0.15) is 12.5 Å². The van der Waals surface area contributed by atoms with Crippen molar-refractivity contribution in [2.24, 2.45) is 0 Å². The Hall–Kier alpha value is -2.75. The van der Waals surface area contributed by atoms with E-state index in [1.54, 1.807) is 11.8 Å². The number of carbonyl (C=O) groups excluding carboxylic acids is 1. The molecule has 0 spiro atoms. The van der Waals surface area contributed by atoms with Crippen molar-refractivity contribution in [3.63, 3.8) is 0 Å². The molecule has 1 amide bonds. The molecule has 0 atom stereocenters. The Morgan fingerprint density at radius 3 is 2.64 bits per heavy atom. The molecule has 22 heavy (non-hydrogen) atoms. The highest BCUT2D eigenvalue weighted by atomic mass is 16.6. The number of rotatable bonds is 3. The van der Waals surface area contributed by atoms with E-state index in [0.717, 1.165) is 33.3 Å². The molecule has 112 valence electrons. The van der Waals surface area contributed by atoms with Crippen LogP contribution >= 0.6 is 0 Å². The molecule has 2 aromatic carbocycles. The number of hydrogen-bond acceptors (Lipinski definition) is 2. The first-order valence-corrected chi connectivity index (χ1v) is 7.13. The second-order valence-electron chi connectivity index (χ2n) is 5.30. The van der Waals surface area contributed by atoms with Crippen molar-refractivity contribution in [3.05, 3.63) is 54.2 Å². The van der Waals surface area contributed by atoms with E-state index in [-0.39, 0.29) is 5.91 Å². The number of fused-ring (bicyclic) bond motifs is 1. The lowest BCUT2D eigenvalue weighted by molar-refractivity contribution is -0.114. The third kappa shape index (κ3) is 2.44. The molecule has 1 heterocycles. The van der Waals surface area contributed by atoms with E-state index < -0.39 is 0 Å². The Labute approximate surface area is 129 Å². The summed E-state index contributed by atoms with van der Waals surface area (Å²) in [5.41, 5.74) is 4.96. The number of amides is 1. The van der Waals surface area contributed by atoms with E-state index >= 15 is 0 Å². The topological polar surface area (TPSA) is 43.3 Å². The third-order valence-corrected chi connectivity index (χ3v) is 3.65. The van der Waals surface area contributed by atoms with Crippen molar-refractivity contribution in [3.8, 4) is 11.1 Å². The van der Waals surface area contributed by atoms with Gasteiger partial charge in [0.1, 0.15) is 7.11 Å². The fourth-order valence-electron chi connectivity index (χ4n) is 2.70. The summed E-state index contributed by atoms with van der Waals surface area (Å²) in [4.78, 5) is 16.9. The number of hydrogen-bond donors (Lipinski definition) is 1. The van der Waals surface area contributed by atoms with Crippen LogP contribution in [0.3, 0.4) is 0 Å². The molecule has 0 unspecified atom stereocenters. The number of carbonyl (C=O) groups is 1. The van der Waals surface area contributed by atoms with Gasteiger partial charge in [0, 0.05) is 29.1 Å². The van der Waals surface area contributed by atoms with Gasteiger partial charge in [-0.1, -0.05) is 29.8 Å². The number of aryl methyl sites for hydroxylation is 1. The molecule has 0 aliphatic carbocycles. The summed E-state index contributed by atoms with van der Waals surface area (Å²) >= 11 is 0. The number of aromatic nitrogens is 1. The SMILES string of the molecule is COn1cc(-c2cc(C)ccc2NC(C)=O)c2ccccc21. The summed E-state index contributed by atoms with van der Waals surface area (Å²) < 4.78 is 1.74. The average molecular weight is 294 g/mol. The van der Waals surface area contributed by atoms with E-state index in [9.17, 15) is 4.79 Å². The summed E-state index contributed by atoms with van der Waals surface area (Å²) in [5.74, 6) is -0.0828. The summed E-state index contributed by atoms with van der Waals surface area (Å²) in [7, 11) is 1.64. The quantitative estimate of drug-likeness (QED) is 0.801. The van der Waals surface area contributed by atoms with Gasteiger partial charge in [-0.3, -0.25) is 4.79 Å². The number of para-hydroxylation sites is 1. The summed E-state index contributed by atoms with van der Waals surface area (Å²) in [6, 6.07) is 14.0. The lowest BCUT2D eigenvalue weighted by Crippen LogP contribution is -2.07. The van der Waals surface area contributed by atoms with Crippen LogP contribution in [0.25, 0.3) is 22.0 Å². The normalized spacial score (nSPS) is 10.7. The van der Waals surface area contributed by atoms with Crippen molar-refractivity contribution in [1.82, 2.24) is 4.73 Å². The van der Waals surface area contributed by atoms with Crippen LogP contribution < -0.4 is 10.2 Å². The molecule has 4 heteroatoms. The first-order chi connectivity index (χ1) is 10.6. The zero-order chi connectivity index (χ0) is 15.7. The van der Waals surface area contributed by atoms with Gasteiger partial charge in [0.05, 0.1) is 11.7 Å². The smallest absolute Gasteiger partial charge is 0.221 e. The predicted octanol–water partition coefficient (Wildman–Crippen LogP) is 3.63. The molecule has 0 bridgehead atoms. The second-order valence-corrected chi connectivity index (χ2v) is 5.30. The zero-order valence-corrected chi connectivity index (χ0v) is 12.9. The molecular formula is C18H18N2O2. The second kappa shape index (κ2) is 5.56. The largest absolute Gasteiger partial charge is 0.417 e. The van der Waals surface area contributed by atoms with Gasteiger partial charge in [0.15, 0.2) is 0 Å². The number of anilines is 1. The fraction of sp³-hybridized carbons (Fsp3) is 0.167. The van der Waals surface area contributed by atoms with Gasteiger partial charge in [0.25, 0.3) is 0 Å². The Morgan fingerprint density at radius 1 is 1.14 bits per heavy atom. The van der Waals surface area contributed by atoms with Gasteiger partial charge in [-0.15, -0.1) is 0 Å². The summed E-state index contributed by atoms with van der Waals surface area (Å²) in [5, 5.41) is 3.99. The van der Waals surface area contributed by atoms with Gasteiger partial charge >= 0.3 is 0 Å². The van der Waals surface area contributed by atoms with Crippen molar-refractivity contribution in [2.75, 3.05) is 12.4 Å². The van der Waals surface area contributed by atoms with E-state index in [1.165, 1.54) is 6.92 Å². The minimum atomic E-state index is -0.0828. The van der Waals surface area contributed by atoms with Gasteiger partial charge in [-0.05, 0) is 25.1 Å². The fourth-order valence-corrected chi connectivity index (χ4v) is 2.70. The van der Waals surface area contributed by atoms with E-state index in [2.05, 4.69) is 17.4 Å². The highest BCUT2D eigenvalue weighted by molar-refractivity contribution is 6.02. The number of nitrogens with zero attached hydrogens (tertiary/aromatic N) is 1. The van der Waals surface area contributed by atoms with Crippen molar-refractivity contribution >= 4 is 22.5 Å². The van der Waals surface area contributed by atoms with E-state index in [4.69, 9.17) is 4.84 Å². The molecule has 3 aromatic rings. The maximum atomic E-state index is 11.5. The van der Waals surface area contributed by atoms with Crippen LogP contribution in [-0.2, 0) is 4.79 Å². The van der Waals surface area contributed by atoms with Gasteiger partial charge < -0.3 is 10.2 Å². The monoisotopic (exact) mass is 294 g/mol. The van der Waals surface area contributed by atoms with Crippen molar-refractivity contribution < 1.29 is 9.63 Å². The van der Waals surface area contributed by atoms with E-state index in [1.807, 2.05) is 43.5 Å². The van der Waals surface area contributed by atoms with Crippen LogP contribution in [0.2, 0.25) is 0 Å². The predicted molar refractivity (Wildman–Crippen MR) is 88.9 cm³/mol. The number of benzene rings is 2. The Kier molecular flexibility index (Phi) is 3.59. The number of nitrogens with one attached hydrogen (secondary N) is 1. The van der Waals surface area contributed by atoms with Gasteiger partial charge in [-0.2, -0.15) is 4.73 Å². The molecule has 0 radical (unpaired) electrons. The minimum Gasteiger partial charge on any atom is -0.417 e. The molecule has 4 nitrogen and oxygen atoms in total. The molecule has 0 saturated heterocycles. The zero-order valence-electron chi connectivity index (χ0n) is 12.9. The molecule has 0 aliphatic heterocycles. The Balaban J connectivity index is 2.27. The first-order valence-electron chi connectivity index (χ1n) is 7.13. The molecule has 0 aliphatic rings. The van der Waals surface area contributed by atoms with Crippen LogP contribution in [0, 0.1) is 6.92 Å². The highest BCUT2D eigenvalue weighted by Gasteiger charge is 2.14. The van der Waals surface area contributed by atoms with Crippen LogP contribution in [-0.4, -0.2) is 17.7 Å². The third-order valence-electron chi connectivity index (χ3n) is 3.65. The van der Waals surface area contributed by atoms with Crippen molar-refractivity contribution in [1.29, 1.82) is 0 Å². The molecule has 1 N–H and O–H groups in total. The van der Waals surface area contributed by atoms with Gasteiger partial charge in [0.2, 0.25) is 5.91 Å². The van der Waals surface area contributed by atoms with Crippen LogP contribution in [0.5, 0.6) is 0 Å². The molecule has 0 saturated carbocycles. The lowest BCUT2D eigenvalue weighted by atomic mass is 10.0. The van der Waals surface area contributed by atoms with Gasteiger partial charge in [-0.25, -0.2) is 0 Å². The molecular weight excluding hydrogens is 276 g/mol. The Morgan fingerprint density at radius 2 is 1.91 bits per heavy atom. The minimum absolute atomic E-state index is 0.0828. The summed E-state index contributed by atoms with van der Waals surface area (Å²) in [6.45, 7) is 3.55. The maximum Gasteiger partial charge on any atom is 0.221 e. The summed E-state index contributed by atoms with van der Waals surface area (Å²) in [6.07, 6.45) is 1.95. The van der Waals surface area contributed by atoms with E-state index in [0.29, 0.717) is 0 Å². The average Bonchev–Trinajstić information content (AvgIpc) is 2.87. The molecule has 3 rings (SSSR count). The molecule has 0 fully saturated rings. The standard InChI is InChI=1S/C18H18N2O2/c1-12-8-9-17(19-13(2)21)15(10-12)16-11-20(22-3)18-7-5-4-6-14(16)18/h4-11H,1-3H3,(H,19,21). The lowest BCUT2D eigenvalue weighted by Gasteiger charge is -2.10. The van der Waals surface area contributed by atoms with Crippen molar-refractivity contribution in [2.45, 2.75) is 13.8 Å². The Bertz CT molecular complexity index is 849. The van der Waals surface area contributed by atoms with Crippen LogP contribution in [0.4, 0.5) is 5.69 Å². The first kappa shape index (κ1) is 14.2.